The zero-order valence-corrected chi connectivity index (χ0v) is 11.2. The van der Waals surface area contributed by atoms with Crippen molar-refractivity contribution < 1.29 is 22.8 Å². The van der Waals surface area contributed by atoms with Crippen LogP contribution in [0.25, 0.3) is 0 Å². The van der Waals surface area contributed by atoms with Crippen LogP contribution in [0.3, 0.4) is 0 Å². The monoisotopic (exact) mass is 282 g/mol. The highest BCUT2D eigenvalue weighted by Crippen LogP contribution is 2.14. The fourth-order valence-corrected chi connectivity index (χ4v) is 3.52. The van der Waals surface area contributed by atoms with Crippen LogP contribution in [0.2, 0.25) is 6.04 Å². The van der Waals surface area contributed by atoms with E-state index in [1.165, 1.54) is 12.1 Å². The van der Waals surface area contributed by atoms with E-state index in [4.69, 9.17) is 4.29 Å². The first-order valence-electron chi connectivity index (χ1n) is 6.34. The number of aryl methyl sites for hydroxylation is 1. The fourth-order valence-electron chi connectivity index (χ4n) is 1.34. The second-order valence-corrected chi connectivity index (χ2v) is 7.89. The second kappa shape index (κ2) is 5.28. The van der Waals surface area contributed by atoms with Gasteiger partial charge in [-0.15, -0.1) is 0 Å². The average molecular weight is 282 g/mol. The molecule has 0 saturated carbocycles. The van der Waals surface area contributed by atoms with Gasteiger partial charge in [0.2, 0.25) is 0 Å². The molecule has 0 aromatic heterocycles. The first kappa shape index (κ1) is 10.2. The molecular weight excluding hydrogens is 260 g/mol. The number of benzene rings is 1. The minimum atomic E-state index is -3.69. The van der Waals surface area contributed by atoms with Gasteiger partial charge in [-0.3, -0.25) is 0 Å². The van der Waals surface area contributed by atoms with E-state index in [0.717, 1.165) is 5.56 Å². The molecule has 0 spiro atoms. The Balaban J connectivity index is 2.67. The van der Waals surface area contributed by atoms with Gasteiger partial charge in [-0.2, -0.15) is 0 Å². The quantitative estimate of drug-likeness (QED) is 0.587. The van der Waals surface area contributed by atoms with E-state index in [1.807, 2.05) is 6.92 Å². The van der Waals surface area contributed by atoms with Crippen molar-refractivity contribution in [3.05, 3.63) is 29.8 Å². The SMILES string of the molecule is [3H]O[Si](CCCS(=O)(=O)c1ccc(C)cc1)(O[3H])O[3H]. The molecule has 3 N–H and O–H groups in total. The highest BCUT2D eigenvalue weighted by molar-refractivity contribution is 7.91. The van der Waals surface area contributed by atoms with Crippen LogP contribution in [0, 0.1) is 6.92 Å². The summed E-state index contributed by atoms with van der Waals surface area (Å²) < 4.78 is 44.4. The number of hydrogen-bond acceptors (Lipinski definition) is 5. The minimum Gasteiger partial charge on any atom is -0.390 e. The lowest BCUT2D eigenvalue weighted by Gasteiger charge is -2.09. The Morgan fingerprint density at radius 1 is 1.24 bits per heavy atom. The summed E-state index contributed by atoms with van der Waals surface area (Å²) in [7, 11) is -7.14. The highest BCUT2D eigenvalue weighted by atomic mass is 32.2. The Bertz CT molecular complexity index is 510. The van der Waals surface area contributed by atoms with Crippen molar-refractivity contribution in [2.75, 3.05) is 5.75 Å². The highest BCUT2D eigenvalue weighted by Gasteiger charge is 2.27. The van der Waals surface area contributed by atoms with Crippen LogP contribution in [0.4, 0.5) is 0 Å². The van der Waals surface area contributed by atoms with Crippen molar-refractivity contribution in [2.24, 2.45) is 0 Å². The van der Waals surface area contributed by atoms with E-state index in [-0.39, 0.29) is 23.1 Å². The van der Waals surface area contributed by atoms with Gasteiger partial charge in [-0.25, -0.2) is 8.42 Å². The third-order valence-electron chi connectivity index (χ3n) is 2.28. The Hall–Kier alpha value is -0.733. The van der Waals surface area contributed by atoms with Crippen LogP contribution in [0.5, 0.6) is 0 Å². The van der Waals surface area contributed by atoms with Gasteiger partial charge < -0.3 is 14.4 Å². The lowest BCUT2D eigenvalue weighted by Crippen LogP contribution is -2.34. The maximum absolute atomic E-state index is 12.0. The van der Waals surface area contributed by atoms with Crippen LogP contribution < -0.4 is 0 Å². The molecule has 1 aromatic carbocycles. The fraction of sp³-hybridized carbons (Fsp3) is 0.400. The van der Waals surface area contributed by atoms with Crippen LogP contribution in [-0.2, 0) is 9.84 Å². The van der Waals surface area contributed by atoms with Gasteiger partial charge in [0, 0.05) is 6.04 Å². The molecule has 0 aliphatic rings. The molecule has 0 heterocycles. The van der Waals surface area contributed by atoms with Crippen LogP contribution in [0.15, 0.2) is 29.2 Å². The molecule has 0 aliphatic carbocycles. The summed E-state index contributed by atoms with van der Waals surface area (Å²) in [4.78, 5) is 12.7. The van der Waals surface area contributed by atoms with Crippen molar-refractivity contribution in [3.8, 4) is 0 Å². The predicted octanol–water partition coefficient (Wildman–Crippen LogP) is 0.0746. The van der Waals surface area contributed by atoms with Gasteiger partial charge in [-0.1, -0.05) is 17.7 Å². The van der Waals surface area contributed by atoms with Crippen molar-refractivity contribution in [1.29, 1.82) is 4.29 Å². The van der Waals surface area contributed by atoms with Gasteiger partial charge in [0.25, 0.3) is 0 Å². The standard InChI is InChI=1S/C10H16O5SSi/c1-9-3-5-10(6-4-9)16(11,12)7-2-8-17(13,14)15/h3-6,13-15H,2,7-8H2,1H3/i13T,14T,15T. The predicted molar refractivity (Wildman–Crippen MR) is 65.1 cm³/mol. The largest absolute Gasteiger partial charge is 0.492 e. The molecule has 0 atom stereocenters. The van der Waals surface area contributed by atoms with E-state index < -0.39 is 18.6 Å². The maximum Gasteiger partial charge on any atom is 0.492 e. The summed E-state index contributed by atoms with van der Waals surface area (Å²) in [5.74, 6) is -0.194. The van der Waals surface area contributed by atoms with Gasteiger partial charge in [-0.05, 0) is 25.5 Å². The lowest BCUT2D eigenvalue weighted by atomic mass is 10.2. The Morgan fingerprint density at radius 2 is 1.82 bits per heavy atom. The van der Waals surface area contributed by atoms with E-state index in [2.05, 4.69) is 14.4 Å². The summed E-state index contributed by atoms with van der Waals surface area (Å²) in [6, 6.07) is 6.38. The number of hydrogen-bond donors (Lipinski definition) is 3. The third-order valence-corrected chi connectivity index (χ3v) is 5.06. The summed E-state index contributed by atoms with van der Waals surface area (Å²) in [5.41, 5.74) is 0.961. The smallest absolute Gasteiger partial charge is 0.390 e. The first-order valence-corrected chi connectivity index (χ1v) is 8.70. The lowest BCUT2D eigenvalue weighted by molar-refractivity contribution is 0.227. The molecule has 7 heteroatoms. The molecule has 96 valence electrons. The van der Waals surface area contributed by atoms with Crippen molar-refractivity contribution in [2.45, 2.75) is 24.3 Å². The zero-order valence-electron chi connectivity index (χ0n) is 12.4. The molecule has 17 heavy (non-hydrogen) atoms. The number of sulfone groups is 1. The molecule has 1 rings (SSSR count). The topological polar surface area (TPSA) is 94.8 Å². The van der Waals surface area contributed by atoms with Crippen LogP contribution in [-0.4, -0.2) is 41.7 Å². The van der Waals surface area contributed by atoms with E-state index in [0.29, 0.717) is 0 Å². The normalized spacial score (nSPS) is 15.0. The van der Waals surface area contributed by atoms with E-state index in [9.17, 15) is 8.42 Å². The summed E-state index contributed by atoms with van der Waals surface area (Å²) in [5, 5.41) is 0. The Kier molecular flexibility index (Phi) is 3.17. The van der Waals surface area contributed by atoms with E-state index >= 15 is 0 Å². The molecule has 0 radical (unpaired) electrons. The van der Waals surface area contributed by atoms with Gasteiger partial charge in [0.15, 0.2) is 14.1 Å². The zero-order chi connectivity index (χ0) is 15.2. The van der Waals surface area contributed by atoms with Crippen molar-refractivity contribution in [1.82, 2.24) is 0 Å². The third kappa shape index (κ3) is 4.96. The van der Waals surface area contributed by atoms with Gasteiger partial charge >= 0.3 is 8.80 Å². The Labute approximate surface area is 106 Å². The summed E-state index contributed by atoms with van der Waals surface area (Å²) in [6.45, 7) is 1.86. The molecule has 5 nitrogen and oxygen atoms in total. The molecule has 0 amide bonds. The molecule has 0 bridgehead atoms. The van der Waals surface area contributed by atoms with E-state index in [1.54, 1.807) is 12.1 Å². The molecule has 0 saturated heterocycles. The summed E-state index contributed by atoms with van der Waals surface area (Å²) >= 11 is 0. The van der Waals surface area contributed by atoms with Crippen LogP contribution >= 0.6 is 0 Å². The summed E-state index contributed by atoms with van der Waals surface area (Å²) in [6.07, 6.45) is 0.0824. The van der Waals surface area contributed by atoms with Crippen molar-refractivity contribution >= 4 is 18.6 Å². The molecular formula is C10H16O5SSi. The Morgan fingerprint density at radius 3 is 2.35 bits per heavy atom. The second-order valence-electron chi connectivity index (χ2n) is 3.92. The molecule has 0 fully saturated rings. The van der Waals surface area contributed by atoms with Gasteiger partial charge in [0.05, 0.1) is 10.6 Å². The first-order chi connectivity index (χ1) is 9.39. The van der Waals surface area contributed by atoms with Gasteiger partial charge in [0.1, 0.15) is 0 Å². The van der Waals surface area contributed by atoms with Crippen molar-refractivity contribution in [3.63, 3.8) is 0 Å². The molecule has 0 aliphatic heterocycles. The molecule has 1 aromatic rings. The number of rotatable bonds is 8. The minimum absolute atomic E-state index is 0.0824. The van der Waals surface area contributed by atoms with Crippen LogP contribution in [0.1, 0.15) is 12.0 Å². The molecule has 0 unspecified atom stereocenters. The average Bonchev–Trinajstić information content (AvgIpc) is 2.44. The maximum atomic E-state index is 12.0.